The summed E-state index contributed by atoms with van der Waals surface area (Å²) in [7, 11) is 1.96. The van der Waals surface area contributed by atoms with Gasteiger partial charge in [-0.25, -0.2) is 0 Å². The van der Waals surface area contributed by atoms with Crippen LogP contribution in [0.4, 0.5) is 0 Å². The number of hydrogen-bond donors (Lipinski definition) is 1. The fourth-order valence-corrected chi connectivity index (χ4v) is 12.0. The average molecular weight is 628 g/mol. The molecular weight excluding hydrogens is 581 g/mol. The molecule has 2 fully saturated rings. The monoisotopic (exact) mass is 627 g/mol. The summed E-state index contributed by atoms with van der Waals surface area (Å²) < 4.78 is 11.0. The molecule has 2 saturated carbocycles. The number of hydrogen-bond acceptors (Lipinski definition) is 3. The molecule has 1 N–H and O–H groups in total. The number of ether oxygens (including phenoxy) is 1. The fraction of sp³-hybridized carbons (Fsp3) is 0.452. The van der Waals surface area contributed by atoms with Gasteiger partial charge < -0.3 is 4.74 Å². The highest BCUT2D eigenvalue weighted by Gasteiger charge is 2.94. The van der Waals surface area contributed by atoms with Crippen molar-refractivity contribution in [2.75, 3.05) is 7.11 Å². The molecule has 5 aromatic rings. The minimum Gasteiger partial charge on any atom is -0.356 e. The van der Waals surface area contributed by atoms with E-state index in [-0.39, 0.29) is 16.4 Å². The van der Waals surface area contributed by atoms with Crippen LogP contribution in [0.2, 0.25) is 0 Å². The molecule has 3 nitrogen and oxygen atoms in total. The Labute approximate surface area is 278 Å². The summed E-state index contributed by atoms with van der Waals surface area (Å²) in [5.74, 6) is 0.626. The van der Waals surface area contributed by atoms with Crippen LogP contribution in [0.5, 0.6) is 0 Å². The molecule has 3 unspecified atom stereocenters. The summed E-state index contributed by atoms with van der Waals surface area (Å²) in [4.78, 5) is 1.45. The van der Waals surface area contributed by atoms with Gasteiger partial charge in [0.05, 0.1) is 5.56 Å². The maximum atomic E-state index is 6.89. The number of methoxy groups -OCH3 is 1. The Bertz CT molecular complexity index is 2080. The highest BCUT2D eigenvalue weighted by molar-refractivity contribution is 7.22. The van der Waals surface area contributed by atoms with Gasteiger partial charge in [-0.3, -0.25) is 5.32 Å². The van der Waals surface area contributed by atoms with Gasteiger partial charge in [0, 0.05) is 58.1 Å². The molecule has 3 heterocycles. The third kappa shape index (κ3) is 3.34. The second-order valence-corrected chi connectivity index (χ2v) is 17.0. The number of aromatic nitrogens is 1. The molecule has 4 heteroatoms. The van der Waals surface area contributed by atoms with E-state index in [4.69, 9.17) is 4.74 Å². The Kier molecular flexibility index (Phi) is 6.03. The minimum absolute atomic E-state index is 0.0728. The van der Waals surface area contributed by atoms with Crippen molar-refractivity contribution in [2.45, 2.75) is 108 Å². The largest absolute Gasteiger partial charge is 0.356 e. The molecule has 2 aromatic heterocycles. The van der Waals surface area contributed by atoms with E-state index in [1.165, 1.54) is 97.0 Å². The molecule has 9 rings (SSSR count). The summed E-state index contributed by atoms with van der Waals surface area (Å²) in [6.07, 6.45) is 7.47. The van der Waals surface area contributed by atoms with Crippen molar-refractivity contribution in [1.82, 2.24) is 5.32 Å². The van der Waals surface area contributed by atoms with E-state index in [2.05, 4.69) is 118 Å². The van der Waals surface area contributed by atoms with Gasteiger partial charge in [0.2, 0.25) is 22.5 Å². The van der Waals surface area contributed by atoms with Crippen LogP contribution in [0.15, 0.2) is 66.7 Å². The van der Waals surface area contributed by atoms with Gasteiger partial charge in [-0.05, 0) is 77.9 Å². The van der Waals surface area contributed by atoms with Crippen molar-refractivity contribution in [3.05, 3.63) is 89.0 Å². The quantitative estimate of drug-likeness (QED) is 0.155. The first-order valence-corrected chi connectivity index (χ1v) is 18.4. The third-order valence-electron chi connectivity index (χ3n) is 12.8. The lowest BCUT2D eigenvalue weighted by atomic mass is 9.77. The van der Waals surface area contributed by atoms with Gasteiger partial charge in [0.25, 0.3) is 0 Å². The van der Waals surface area contributed by atoms with Crippen LogP contribution in [0.25, 0.3) is 42.7 Å². The summed E-state index contributed by atoms with van der Waals surface area (Å²) in [6.45, 7) is 14.5. The van der Waals surface area contributed by atoms with Gasteiger partial charge in [-0.15, -0.1) is 11.3 Å². The molecule has 46 heavy (non-hydrogen) atoms. The van der Waals surface area contributed by atoms with E-state index < -0.39 is 5.72 Å². The van der Waals surface area contributed by atoms with Crippen LogP contribution in [-0.4, -0.2) is 18.9 Å². The number of pyridine rings is 1. The third-order valence-corrected chi connectivity index (χ3v) is 14.0. The van der Waals surface area contributed by atoms with Crippen molar-refractivity contribution in [1.29, 1.82) is 0 Å². The first-order chi connectivity index (χ1) is 22.1. The maximum absolute atomic E-state index is 6.89. The first kappa shape index (κ1) is 29.1. The average Bonchev–Trinajstić information content (AvgIpc) is 3.29. The smallest absolute Gasteiger partial charge is 0.223 e. The van der Waals surface area contributed by atoms with E-state index in [0.29, 0.717) is 12.0 Å². The molecule has 0 amide bonds. The molecule has 0 radical (unpaired) electrons. The summed E-state index contributed by atoms with van der Waals surface area (Å²) in [5.41, 5.74) is 10.1. The van der Waals surface area contributed by atoms with E-state index in [9.17, 15) is 0 Å². The molecular formula is C42H47N2OS+. The number of nitrogens with one attached hydrogen (secondary N) is 1. The lowest BCUT2D eigenvalue weighted by molar-refractivity contribution is -0.714. The van der Waals surface area contributed by atoms with Crippen LogP contribution >= 0.6 is 11.3 Å². The van der Waals surface area contributed by atoms with E-state index >= 15 is 0 Å². The van der Waals surface area contributed by atoms with Crippen molar-refractivity contribution in [3.63, 3.8) is 0 Å². The zero-order valence-electron chi connectivity index (χ0n) is 28.5. The van der Waals surface area contributed by atoms with Gasteiger partial charge in [0.15, 0.2) is 0 Å². The Hall–Kier alpha value is -3.05. The van der Waals surface area contributed by atoms with Crippen molar-refractivity contribution in [2.24, 2.45) is 5.92 Å². The van der Waals surface area contributed by atoms with Gasteiger partial charge in [0.1, 0.15) is 5.41 Å². The molecule has 3 aliphatic carbocycles. The van der Waals surface area contributed by atoms with E-state index in [1.54, 1.807) is 0 Å². The second kappa shape index (κ2) is 9.52. The van der Waals surface area contributed by atoms with Gasteiger partial charge in [-0.1, -0.05) is 83.4 Å². The molecule has 1 aliphatic heterocycles. The van der Waals surface area contributed by atoms with Crippen LogP contribution in [-0.2, 0) is 27.5 Å². The normalized spacial score (nSPS) is 27.4. The number of nitrogens with zero attached hydrogens (tertiary/aromatic N) is 1. The Morgan fingerprint density at radius 2 is 1.65 bits per heavy atom. The first-order valence-electron chi connectivity index (χ1n) is 17.6. The Morgan fingerprint density at radius 1 is 0.891 bits per heavy atom. The molecule has 3 aromatic carbocycles. The molecule has 0 bridgehead atoms. The zero-order chi connectivity index (χ0) is 31.8. The maximum Gasteiger partial charge on any atom is 0.223 e. The second-order valence-electron chi connectivity index (χ2n) is 15.9. The van der Waals surface area contributed by atoms with Crippen LogP contribution in [0.1, 0.15) is 95.9 Å². The number of rotatable bonds is 5. The van der Waals surface area contributed by atoms with Crippen molar-refractivity contribution in [3.8, 4) is 21.7 Å². The number of fused-ring (bicyclic) bond motifs is 14. The summed E-state index contributed by atoms with van der Waals surface area (Å²) >= 11 is 1.98. The fourth-order valence-electron chi connectivity index (χ4n) is 10.6. The van der Waals surface area contributed by atoms with Crippen LogP contribution < -0.4 is 9.88 Å². The Morgan fingerprint density at radius 3 is 2.41 bits per heavy atom. The lowest BCUT2D eigenvalue weighted by Crippen LogP contribution is -2.58. The van der Waals surface area contributed by atoms with Gasteiger partial charge in [-0.2, -0.15) is 4.57 Å². The molecule has 0 saturated heterocycles. The standard InChI is InChI=1S/C42H47N2OS/c1-25(2)23-26-17-21-32-27(24-26)18-22-33-35-31(40(5)41(6,44(32)33)42(40,45-7)43-28-13-9-8-10-14-28)20-19-30-36(35)38-37(39(30,3)4)29-15-11-12-16-34(29)46-38/h11-12,15-22,24-25,28,43H,8-10,13-14,23H2,1-7H3/q+1. The summed E-state index contributed by atoms with van der Waals surface area (Å²) in [6, 6.07) is 26.5. The van der Waals surface area contributed by atoms with Crippen molar-refractivity contribution < 1.29 is 9.30 Å². The van der Waals surface area contributed by atoms with Crippen LogP contribution in [0, 0.1) is 5.92 Å². The van der Waals surface area contributed by atoms with Crippen LogP contribution in [0.3, 0.4) is 0 Å². The van der Waals surface area contributed by atoms with E-state index in [0.717, 1.165) is 6.42 Å². The lowest BCUT2D eigenvalue weighted by Gasteiger charge is -2.30. The summed E-state index contributed by atoms with van der Waals surface area (Å²) in [5, 5.41) is 6.97. The Balaban J connectivity index is 1.37. The highest BCUT2D eigenvalue weighted by Crippen LogP contribution is 2.73. The molecule has 4 aliphatic rings. The predicted molar refractivity (Wildman–Crippen MR) is 192 cm³/mol. The van der Waals surface area contributed by atoms with Gasteiger partial charge >= 0.3 is 0 Å². The molecule has 3 atom stereocenters. The number of thiophene rings is 1. The minimum atomic E-state index is -0.525. The van der Waals surface area contributed by atoms with Crippen molar-refractivity contribution >= 4 is 32.3 Å². The molecule has 0 spiro atoms. The van der Waals surface area contributed by atoms with E-state index in [1.807, 2.05) is 18.4 Å². The predicted octanol–water partition coefficient (Wildman–Crippen LogP) is 9.78. The number of benzene rings is 3. The highest BCUT2D eigenvalue weighted by atomic mass is 32.1. The molecule has 236 valence electrons. The zero-order valence-corrected chi connectivity index (χ0v) is 29.3. The SMILES string of the molecule is COC1(NC2CCCCC2)C2(C)c3ccc4c(c3-c3ccc5cc(CC(C)C)ccc5[n+]3C12C)-c1sc2ccccc2c1C4(C)C. The topological polar surface area (TPSA) is 25.1 Å².